The number of imidazole rings is 1. The van der Waals surface area contributed by atoms with Gasteiger partial charge in [-0.15, -0.1) is 11.3 Å². The van der Waals surface area contributed by atoms with Crippen LogP contribution in [0.2, 0.25) is 0 Å². The first-order valence-corrected chi connectivity index (χ1v) is 8.30. The Balaban J connectivity index is 2.04. The van der Waals surface area contributed by atoms with Crippen molar-refractivity contribution in [3.63, 3.8) is 0 Å². The molecule has 5 nitrogen and oxygen atoms in total. The van der Waals surface area contributed by atoms with Gasteiger partial charge in [0.05, 0.1) is 15.5 Å². The summed E-state index contributed by atoms with van der Waals surface area (Å²) in [6.45, 7) is 7.24. The molecule has 0 fully saturated rings. The van der Waals surface area contributed by atoms with Crippen LogP contribution in [0.15, 0.2) is 24.0 Å². The van der Waals surface area contributed by atoms with Gasteiger partial charge in [-0.05, 0) is 43.4 Å². The van der Waals surface area contributed by atoms with Gasteiger partial charge < -0.3 is 5.32 Å². The summed E-state index contributed by atoms with van der Waals surface area (Å²) in [5, 5.41) is 9.96. The topological polar surface area (TPSA) is 47.2 Å². The van der Waals surface area contributed by atoms with E-state index in [0.29, 0.717) is 0 Å². The van der Waals surface area contributed by atoms with Gasteiger partial charge in [0.2, 0.25) is 0 Å². The molecule has 1 N–H and O–H groups in total. The summed E-state index contributed by atoms with van der Waals surface area (Å²) in [4.78, 5) is 5.69. The molecule has 0 aliphatic carbocycles. The molecule has 0 radical (unpaired) electrons. The second kappa shape index (κ2) is 5.12. The first kappa shape index (κ1) is 14.0. The Bertz CT molecular complexity index is 733. The summed E-state index contributed by atoms with van der Waals surface area (Å²) in [5.74, 6) is 0.900. The number of aromatic nitrogens is 4. The van der Waals surface area contributed by atoms with Crippen LogP contribution in [0, 0.1) is 3.57 Å². The number of hydrogen-bond acceptors (Lipinski definition) is 4. The fraction of sp³-hybridized carbons (Fsp3) is 0.385. The fourth-order valence-corrected chi connectivity index (χ4v) is 3.05. The third-order valence-electron chi connectivity index (χ3n) is 2.89. The molecule has 0 spiro atoms. The molecule has 0 saturated carbocycles. The van der Waals surface area contributed by atoms with E-state index in [2.05, 4.69) is 69.8 Å². The van der Waals surface area contributed by atoms with E-state index in [9.17, 15) is 0 Å². The predicted octanol–water partition coefficient (Wildman–Crippen LogP) is 3.07. The zero-order valence-corrected chi connectivity index (χ0v) is 14.6. The van der Waals surface area contributed by atoms with Crippen LogP contribution in [0.5, 0.6) is 0 Å². The third-order valence-corrected chi connectivity index (χ3v) is 4.21. The van der Waals surface area contributed by atoms with Crippen molar-refractivity contribution in [3.8, 4) is 5.82 Å². The van der Waals surface area contributed by atoms with Crippen LogP contribution in [0.25, 0.3) is 10.8 Å². The first-order chi connectivity index (χ1) is 9.44. The minimum atomic E-state index is 0.0655. The van der Waals surface area contributed by atoms with Gasteiger partial charge in [0.25, 0.3) is 0 Å². The van der Waals surface area contributed by atoms with E-state index in [-0.39, 0.29) is 5.54 Å². The van der Waals surface area contributed by atoms with Gasteiger partial charge in [-0.3, -0.25) is 4.40 Å². The molecule has 0 atom stereocenters. The number of nitrogens with zero attached hydrogens (tertiary/aromatic N) is 4. The monoisotopic (exact) mass is 401 g/mol. The molecule has 3 aromatic rings. The van der Waals surface area contributed by atoms with Gasteiger partial charge >= 0.3 is 0 Å². The van der Waals surface area contributed by atoms with Crippen LogP contribution in [-0.2, 0) is 6.54 Å². The fourth-order valence-electron chi connectivity index (χ4n) is 1.93. The molecule has 20 heavy (non-hydrogen) atoms. The second-order valence-electron chi connectivity index (χ2n) is 5.64. The van der Waals surface area contributed by atoms with Gasteiger partial charge in [0.1, 0.15) is 0 Å². The highest BCUT2D eigenvalue weighted by atomic mass is 127. The standard InChI is InChI=1S/C13H16IN5S/c1-13(2,3)15-7-10-11(19-8-9(14)6-16-19)17-12-18(10)4-5-20-12/h4-6,8,15H,7H2,1-3H3. The van der Waals surface area contributed by atoms with E-state index in [1.54, 1.807) is 11.3 Å². The van der Waals surface area contributed by atoms with E-state index in [4.69, 9.17) is 4.98 Å². The zero-order chi connectivity index (χ0) is 14.3. The minimum Gasteiger partial charge on any atom is -0.306 e. The average molecular weight is 401 g/mol. The van der Waals surface area contributed by atoms with Gasteiger partial charge in [0.15, 0.2) is 10.8 Å². The lowest BCUT2D eigenvalue weighted by atomic mass is 10.1. The Morgan fingerprint density at radius 3 is 2.85 bits per heavy atom. The van der Waals surface area contributed by atoms with E-state index >= 15 is 0 Å². The Kier molecular flexibility index (Phi) is 3.59. The molecule has 0 aromatic carbocycles. The lowest BCUT2D eigenvalue weighted by Crippen LogP contribution is -2.35. The summed E-state index contributed by atoms with van der Waals surface area (Å²) >= 11 is 3.90. The van der Waals surface area contributed by atoms with Crippen molar-refractivity contribution < 1.29 is 0 Å². The molecule has 3 rings (SSSR count). The Morgan fingerprint density at radius 1 is 1.40 bits per heavy atom. The molecular weight excluding hydrogens is 385 g/mol. The van der Waals surface area contributed by atoms with Crippen molar-refractivity contribution in [1.29, 1.82) is 0 Å². The lowest BCUT2D eigenvalue weighted by Gasteiger charge is -2.20. The third kappa shape index (κ3) is 2.75. The van der Waals surface area contributed by atoms with Crippen molar-refractivity contribution >= 4 is 38.9 Å². The van der Waals surface area contributed by atoms with Crippen molar-refractivity contribution in [1.82, 2.24) is 24.5 Å². The summed E-state index contributed by atoms with van der Waals surface area (Å²) in [6.07, 6.45) is 5.90. The van der Waals surface area contributed by atoms with E-state index in [1.807, 2.05) is 17.1 Å². The maximum Gasteiger partial charge on any atom is 0.196 e. The molecule has 0 saturated heterocycles. The number of nitrogens with one attached hydrogen (secondary N) is 1. The maximum atomic E-state index is 4.70. The molecular formula is C13H16IN5S. The summed E-state index contributed by atoms with van der Waals surface area (Å²) in [7, 11) is 0. The molecule has 106 valence electrons. The minimum absolute atomic E-state index is 0.0655. The quantitative estimate of drug-likeness (QED) is 0.687. The molecule has 0 aliphatic heterocycles. The van der Waals surface area contributed by atoms with Crippen LogP contribution in [0.4, 0.5) is 0 Å². The Hall–Kier alpha value is -0.930. The van der Waals surface area contributed by atoms with Crippen LogP contribution >= 0.6 is 33.9 Å². The average Bonchev–Trinajstić information content (AvgIpc) is 2.99. The summed E-state index contributed by atoms with van der Waals surface area (Å²) < 4.78 is 5.09. The Labute approximate surface area is 135 Å². The largest absolute Gasteiger partial charge is 0.306 e. The molecule has 0 amide bonds. The van der Waals surface area contributed by atoms with Crippen molar-refractivity contribution in [3.05, 3.63) is 33.2 Å². The van der Waals surface area contributed by atoms with Crippen molar-refractivity contribution in [2.24, 2.45) is 0 Å². The van der Waals surface area contributed by atoms with Crippen LogP contribution < -0.4 is 5.32 Å². The number of rotatable bonds is 3. The van der Waals surface area contributed by atoms with Crippen LogP contribution in [-0.4, -0.2) is 24.7 Å². The van der Waals surface area contributed by atoms with E-state index < -0.39 is 0 Å². The van der Waals surface area contributed by atoms with Gasteiger partial charge in [-0.1, -0.05) is 0 Å². The highest BCUT2D eigenvalue weighted by Crippen LogP contribution is 2.21. The SMILES string of the molecule is CC(C)(C)NCc1c(-n2cc(I)cn2)nc2sccn12. The van der Waals surface area contributed by atoms with Gasteiger partial charge in [0, 0.05) is 29.9 Å². The first-order valence-electron chi connectivity index (χ1n) is 6.34. The van der Waals surface area contributed by atoms with E-state index in [0.717, 1.165) is 26.6 Å². The summed E-state index contributed by atoms with van der Waals surface area (Å²) in [5.41, 5.74) is 1.20. The van der Waals surface area contributed by atoms with Gasteiger partial charge in [-0.25, -0.2) is 4.68 Å². The van der Waals surface area contributed by atoms with E-state index in [1.165, 1.54) is 0 Å². The number of thiazole rings is 1. The van der Waals surface area contributed by atoms with Crippen LogP contribution in [0.3, 0.4) is 0 Å². The molecule has 0 aliphatic rings. The lowest BCUT2D eigenvalue weighted by molar-refractivity contribution is 0.420. The van der Waals surface area contributed by atoms with Crippen LogP contribution in [0.1, 0.15) is 26.5 Å². The highest BCUT2D eigenvalue weighted by molar-refractivity contribution is 14.1. The second-order valence-corrected chi connectivity index (χ2v) is 7.76. The Morgan fingerprint density at radius 2 is 2.20 bits per heavy atom. The predicted molar refractivity (Wildman–Crippen MR) is 89.5 cm³/mol. The number of hydrogen-bond donors (Lipinski definition) is 1. The number of halogens is 1. The molecule has 0 unspecified atom stereocenters. The highest BCUT2D eigenvalue weighted by Gasteiger charge is 2.18. The molecule has 3 aromatic heterocycles. The summed E-state index contributed by atoms with van der Waals surface area (Å²) in [6, 6.07) is 0. The maximum absolute atomic E-state index is 4.70. The van der Waals surface area contributed by atoms with Gasteiger partial charge in [-0.2, -0.15) is 10.1 Å². The zero-order valence-electron chi connectivity index (χ0n) is 11.6. The van der Waals surface area contributed by atoms with Crippen molar-refractivity contribution in [2.75, 3.05) is 0 Å². The smallest absolute Gasteiger partial charge is 0.196 e. The van der Waals surface area contributed by atoms with Crippen molar-refractivity contribution in [2.45, 2.75) is 32.9 Å². The normalized spacial score (nSPS) is 12.4. The molecule has 3 heterocycles. The molecule has 0 bridgehead atoms. The molecule has 7 heteroatoms. The number of fused-ring (bicyclic) bond motifs is 1.